The lowest BCUT2D eigenvalue weighted by atomic mass is 10.1. The van der Waals surface area contributed by atoms with E-state index in [4.69, 9.17) is 0 Å². The molecule has 1 heterocycles. The van der Waals surface area contributed by atoms with Crippen molar-refractivity contribution in [3.8, 4) is 0 Å². The number of nitro groups is 1. The summed E-state index contributed by atoms with van der Waals surface area (Å²) in [5.41, 5.74) is 1.32. The van der Waals surface area contributed by atoms with Crippen molar-refractivity contribution in [2.24, 2.45) is 7.05 Å². The molecule has 0 fully saturated rings. The fourth-order valence-electron chi connectivity index (χ4n) is 2.11. The first-order valence-electron chi connectivity index (χ1n) is 6.57. The predicted molar refractivity (Wildman–Crippen MR) is 83.3 cm³/mol. The Hall–Kier alpha value is -2.90. The maximum Gasteiger partial charge on any atom is 0.293 e. The molecule has 0 aliphatic carbocycles. The molecule has 0 unspecified atom stereocenters. The van der Waals surface area contributed by atoms with E-state index in [1.165, 1.54) is 10.7 Å². The van der Waals surface area contributed by atoms with E-state index in [0.29, 0.717) is 11.5 Å². The van der Waals surface area contributed by atoms with Gasteiger partial charge in [-0.05, 0) is 19.1 Å². The molecule has 2 aromatic rings. The molecule has 22 heavy (non-hydrogen) atoms. The number of hydrogen-bond donors (Lipinski definition) is 1. The number of aryl methyl sites for hydroxylation is 2. The van der Waals surface area contributed by atoms with Crippen molar-refractivity contribution in [2.45, 2.75) is 6.92 Å². The molecule has 1 amide bonds. The van der Waals surface area contributed by atoms with Crippen molar-refractivity contribution < 1.29 is 9.72 Å². The van der Waals surface area contributed by atoms with E-state index in [0.717, 1.165) is 5.69 Å². The third-order valence-electron chi connectivity index (χ3n) is 3.16. The van der Waals surface area contributed by atoms with Gasteiger partial charge in [0.15, 0.2) is 0 Å². The summed E-state index contributed by atoms with van der Waals surface area (Å²) in [5.74, 6) is 0.109. The summed E-state index contributed by atoms with van der Waals surface area (Å²) in [7, 11) is 5.13. The number of nitro benzene ring substituents is 1. The zero-order valence-electron chi connectivity index (χ0n) is 12.8. The second-order valence-electron chi connectivity index (χ2n) is 5.10. The summed E-state index contributed by atoms with van der Waals surface area (Å²) in [6.45, 7) is 1.81. The van der Waals surface area contributed by atoms with Crippen LogP contribution in [-0.4, -0.2) is 34.7 Å². The van der Waals surface area contributed by atoms with E-state index in [-0.39, 0.29) is 11.3 Å². The number of nitrogens with one attached hydrogen (secondary N) is 1. The van der Waals surface area contributed by atoms with Crippen LogP contribution in [0.2, 0.25) is 0 Å². The first-order valence-corrected chi connectivity index (χ1v) is 6.57. The SMILES string of the molecule is Cc1cc(NC(=O)c2ccc(N(C)C)c([N+](=O)[O-])c2)n(C)n1. The Labute approximate surface area is 127 Å². The molecule has 0 atom stereocenters. The Morgan fingerprint density at radius 2 is 2.05 bits per heavy atom. The van der Waals surface area contributed by atoms with Crippen LogP contribution in [0.15, 0.2) is 24.3 Å². The third kappa shape index (κ3) is 3.05. The molecule has 0 saturated heterocycles. The lowest BCUT2D eigenvalue weighted by Crippen LogP contribution is -2.16. The first kappa shape index (κ1) is 15.5. The van der Waals surface area contributed by atoms with Gasteiger partial charge in [-0.3, -0.25) is 19.6 Å². The molecular weight excluding hydrogens is 286 g/mol. The fraction of sp³-hybridized carbons (Fsp3) is 0.286. The van der Waals surface area contributed by atoms with Gasteiger partial charge in [-0.25, -0.2) is 0 Å². The maximum absolute atomic E-state index is 12.2. The number of carbonyl (C=O) groups excluding carboxylic acids is 1. The third-order valence-corrected chi connectivity index (χ3v) is 3.16. The Morgan fingerprint density at radius 1 is 1.36 bits per heavy atom. The number of benzene rings is 1. The van der Waals surface area contributed by atoms with E-state index < -0.39 is 10.8 Å². The summed E-state index contributed by atoms with van der Waals surface area (Å²) in [4.78, 5) is 24.5. The lowest BCUT2D eigenvalue weighted by Gasteiger charge is -2.13. The number of hydrogen-bond acceptors (Lipinski definition) is 5. The van der Waals surface area contributed by atoms with Crippen LogP contribution >= 0.6 is 0 Å². The molecular formula is C14H17N5O3. The standard InChI is InChI=1S/C14H17N5O3/c1-9-7-13(18(4)16-9)15-14(20)10-5-6-11(17(2)3)12(8-10)19(21)22/h5-8H,1-4H3,(H,15,20). The summed E-state index contributed by atoms with van der Waals surface area (Å²) < 4.78 is 1.54. The van der Waals surface area contributed by atoms with E-state index in [9.17, 15) is 14.9 Å². The molecule has 0 saturated carbocycles. The average Bonchev–Trinajstić information content (AvgIpc) is 2.75. The van der Waals surface area contributed by atoms with E-state index >= 15 is 0 Å². The van der Waals surface area contributed by atoms with Gasteiger partial charge in [-0.2, -0.15) is 5.10 Å². The van der Waals surface area contributed by atoms with Crippen LogP contribution in [0.25, 0.3) is 0 Å². The van der Waals surface area contributed by atoms with Gasteiger partial charge in [0.2, 0.25) is 0 Å². The van der Waals surface area contributed by atoms with Crippen molar-refractivity contribution in [2.75, 3.05) is 24.3 Å². The zero-order valence-corrected chi connectivity index (χ0v) is 12.8. The smallest absolute Gasteiger partial charge is 0.293 e. The topological polar surface area (TPSA) is 93.3 Å². The second kappa shape index (κ2) is 5.84. The Bertz CT molecular complexity index is 736. The van der Waals surface area contributed by atoms with Gasteiger partial charge in [0, 0.05) is 38.8 Å². The van der Waals surface area contributed by atoms with Gasteiger partial charge in [0.1, 0.15) is 11.5 Å². The second-order valence-corrected chi connectivity index (χ2v) is 5.10. The molecule has 116 valence electrons. The number of anilines is 2. The Balaban J connectivity index is 2.32. The maximum atomic E-state index is 12.2. The first-order chi connectivity index (χ1) is 10.3. The van der Waals surface area contributed by atoms with Crippen LogP contribution in [0.1, 0.15) is 16.1 Å². The van der Waals surface area contributed by atoms with Crippen molar-refractivity contribution in [1.29, 1.82) is 0 Å². The van der Waals surface area contributed by atoms with Crippen molar-refractivity contribution in [3.63, 3.8) is 0 Å². The zero-order chi connectivity index (χ0) is 16.4. The Kier molecular flexibility index (Phi) is 4.11. The van der Waals surface area contributed by atoms with Gasteiger partial charge in [0.25, 0.3) is 11.6 Å². The molecule has 1 aromatic heterocycles. The quantitative estimate of drug-likeness (QED) is 0.688. The van der Waals surface area contributed by atoms with Crippen molar-refractivity contribution in [1.82, 2.24) is 9.78 Å². The van der Waals surface area contributed by atoms with Crippen LogP contribution in [0.4, 0.5) is 17.2 Å². The summed E-state index contributed by atoms with van der Waals surface area (Å²) >= 11 is 0. The summed E-state index contributed by atoms with van der Waals surface area (Å²) in [5, 5.41) is 18.0. The van der Waals surface area contributed by atoms with Gasteiger partial charge >= 0.3 is 0 Å². The number of nitrogens with zero attached hydrogens (tertiary/aromatic N) is 4. The molecule has 0 spiro atoms. The largest absolute Gasteiger partial charge is 0.372 e. The van der Waals surface area contributed by atoms with Crippen LogP contribution in [0, 0.1) is 17.0 Å². The average molecular weight is 303 g/mol. The van der Waals surface area contributed by atoms with Crippen LogP contribution < -0.4 is 10.2 Å². The molecule has 8 nitrogen and oxygen atoms in total. The molecule has 0 aliphatic heterocycles. The molecule has 8 heteroatoms. The molecule has 1 N–H and O–H groups in total. The predicted octanol–water partition coefficient (Wildman–Crippen LogP) is 1.96. The lowest BCUT2D eigenvalue weighted by molar-refractivity contribution is -0.384. The highest BCUT2D eigenvalue weighted by Crippen LogP contribution is 2.28. The molecule has 2 rings (SSSR count). The van der Waals surface area contributed by atoms with Crippen molar-refractivity contribution in [3.05, 3.63) is 45.6 Å². The van der Waals surface area contributed by atoms with Gasteiger partial charge in [-0.15, -0.1) is 0 Å². The minimum Gasteiger partial charge on any atom is -0.372 e. The highest BCUT2D eigenvalue weighted by molar-refractivity contribution is 6.04. The highest BCUT2D eigenvalue weighted by Gasteiger charge is 2.19. The number of rotatable bonds is 4. The minimum absolute atomic E-state index is 0.112. The molecule has 0 aliphatic rings. The van der Waals surface area contributed by atoms with Gasteiger partial charge in [0.05, 0.1) is 10.6 Å². The highest BCUT2D eigenvalue weighted by atomic mass is 16.6. The number of aromatic nitrogens is 2. The normalized spacial score (nSPS) is 10.4. The van der Waals surface area contributed by atoms with Crippen LogP contribution in [0.5, 0.6) is 0 Å². The molecule has 0 radical (unpaired) electrons. The van der Waals surface area contributed by atoms with E-state index in [1.807, 2.05) is 6.92 Å². The molecule has 1 aromatic carbocycles. The monoisotopic (exact) mass is 303 g/mol. The van der Waals surface area contributed by atoms with Gasteiger partial charge in [-0.1, -0.05) is 0 Å². The van der Waals surface area contributed by atoms with Crippen molar-refractivity contribution >= 4 is 23.1 Å². The van der Waals surface area contributed by atoms with Crippen LogP contribution in [-0.2, 0) is 7.05 Å². The molecule has 0 bridgehead atoms. The number of amides is 1. The fourth-order valence-corrected chi connectivity index (χ4v) is 2.11. The van der Waals surface area contributed by atoms with Crippen LogP contribution in [0.3, 0.4) is 0 Å². The Morgan fingerprint density at radius 3 is 2.55 bits per heavy atom. The summed E-state index contributed by atoms with van der Waals surface area (Å²) in [6, 6.07) is 6.11. The number of carbonyl (C=O) groups is 1. The van der Waals surface area contributed by atoms with E-state index in [2.05, 4.69) is 10.4 Å². The van der Waals surface area contributed by atoms with Gasteiger partial charge < -0.3 is 10.2 Å². The minimum atomic E-state index is -0.500. The van der Waals surface area contributed by atoms with E-state index in [1.54, 1.807) is 44.2 Å². The summed E-state index contributed by atoms with van der Waals surface area (Å²) in [6.07, 6.45) is 0.